The quantitative estimate of drug-likeness (QED) is 0.831. The molecule has 1 aliphatic heterocycles. The van der Waals surface area contributed by atoms with Gasteiger partial charge in [-0.1, -0.05) is 0 Å². The van der Waals surface area contributed by atoms with Crippen LogP contribution in [0, 0.1) is 0 Å². The molecule has 1 aromatic heterocycles. The summed E-state index contributed by atoms with van der Waals surface area (Å²) in [6, 6.07) is 8.51. The first-order valence-corrected chi connectivity index (χ1v) is 8.89. The summed E-state index contributed by atoms with van der Waals surface area (Å²) in [5.41, 5.74) is 0.712. The molecule has 1 N–H and O–H groups in total. The Morgan fingerprint density at radius 3 is 2.32 bits per heavy atom. The topological polar surface area (TPSA) is 96.9 Å². The van der Waals surface area contributed by atoms with Gasteiger partial charge in [-0.2, -0.15) is 0 Å². The van der Waals surface area contributed by atoms with Crippen LogP contribution in [0.2, 0.25) is 0 Å². The molecule has 9 nitrogen and oxygen atoms in total. The van der Waals surface area contributed by atoms with Crippen molar-refractivity contribution in [3.63, 3.8) is 0 Å². The molecule has 0 saturated carbocycles. The minimum absolute atomic E-state index is 0.0757. The predicted octanol–water partition coefficient (Wildman–Crippen LogP) is 1.41. The van der Waals surface area contributed by atoms with Crippen LogP contribution >= 0.6 is 0 Å². The highest BCUT2D eigenvalue weighted by molar-refractivity contribution is 6.03. The summed E-state index contributed by atoms with van der Waals surface area (Å²) in [5, 5.41) is 11.0. The van der Waals surface area contributed by atoms with Crippen molar-refractivity contribution in [1.29, 1.82) is 0 Å². The number of piperazine rings is 1. The molecule has 2 heterocycles. The number of nitrogens with one attached hydrogen (secondary N) is 1. The van der Waals surface area contributed by atoms with Crippen LogP contribution in [-0.2, 0) is 4.79 Å². The third-order valence-corrected chi connectivity index (χ3v) is 4.59. The lowest BCUT2D eigenvalue weighted by Crippen LogP contribution is -2.48. The number of anilines is 2. The molecule has 0 spiro atoms. The number of methoxy groups -OCH3 is 2. The van der Waals surface area contributed by atoms with Crippen molar-refractivity contribution in [2.75, 3.05) is 50.6 Å². The number of benzene rings is 1. The molecule has 3 rings (SSSR count). The molecule has 0 aliphatic carbocycles. The Balaban J connectivity index is 1.65. The smallest absolute Gasteiger partial charge is 0.276 e. The highest BCUT2D eigenvalue weighted by Crippen LogP contribution is 2.29. The maximum absolute atomic E-state index is 12.5. The first kappa shape index (κ1) is 19.4. The summed E-state index contributed by atoms with van der Waals surface area (Å²) in [6.07, 6.45) is 0. The van der Waals surface area contributed by atoms with E-state index in [4.69, 9.17) is 9.47 Å². The normalized spacial score (nSPS) is 13.8. The molecular weight excluding hydrogens is 362 g/mol. The van der Waals surface area contributed by atoms with E-state index in [1.54, 1.807) is 49.3 Å². The van der Waals surface area contributed by atoms with Crippen molar-refractivity contribution in [2.24, 2.45) is 0 Å². The molecule has 0 unspecified atom stereocenters. The van der Waals surface area contributed by atoms with E-state index >= 15 is 0 Å². The fraction of sp³-hybridized carbons (Fsp3) is 0.368. The number of hydrogen-bond donors (Lipinski definition) is 1. The Labute approximate surface area is 163 Å². The minimum Gasteiger partial charge on any atom is -0.497 e. The zero-order valence-corrected chi connectivity index (χ0v) is 16.1. The van der Waals surface area contributed by atoms with Crippen molar-refractivity contribution in [2.45, 2.75) is 6.92 Å². The van der Waals surface area contributed by atoms with Crippen LogP contribution in [0.4, 0.5) is 11.5 Å². The van der Waals surface area contributed by atoms with Gasteiger partial charge in [0, 0.05) is 39.2 Å². The summed E-state index contributed by atoms with van der Waals surface area (Å²) in [6.45, 7) is 4.24. The van der Waals surface area contributed by atoms with Crippen molar-refractivity contribution in [3.05, 3.63) is 36.0 Å². The number of hydrogen-bond acceptors (Lipinski definition) is 7. The number of rotatable bonds is 5. The number of aromatic nitrogens is 2. The highest BCUT2D eigenvalue weighted by Gasteiger charge is 2.20. The van der Waals surface area contributed by atoms with Gasteiger partial charge in [-0.3, -0.25) is 9.59 Å². The number of carbonyl (C=O) groups is 2. The lowest BCUT2D eigenvalue weighted by Gasteiger charge is -2.34. The molecule has 1 fully saturated rings. The SMILES string of the molecule is COc1ccc(NC(=O)c2ccc(N3CCN(C(C)=O)CC3)nn2)c(OC)c1. The Morgan fingerprint density at radius 1 is 1.00 bits per heavy atom. The van der Waals surface area contributed by atoms with Gasteiger partial charge in [0.15, 0.2) is 11.5 Å². The molecule has 148 valence electrons. The Bertz CT molecular complexity index is 848. The minimum atomic E-state index is -0.385. The molecule has 9 heteroatoms. The van der Waals surface area contributed by atoms with E-state index in [9.17, 15) is 9.59 Å². The molecule has 28 heavy (non-hydrogen) atoms. The van der Waals surface area contributed by atoms with Gasteiger partial charge in [0.05, 0.1) is 19.9 Å². The maximum atomic E-state index is 12.5. The van der Waals surface area contributed by atoms with E-state index in [1.807, 2.05) is 4.90 Å². The van der Waals surface area contributed by atoms with E-state index in [0.29, 0.717) is 49.2 Å². The fourth-order valence-electron chi connectivity index (χ4n) is 2.95. The standard InChI is InChI=1S/C19H23N5O4/c1-13(25)23-8-10-24(11-9-23)18-7-6-16(21-22-18)19(26)20-15-5-4-14(27-2)12-17(15)28-3/h4-7,12H,8-11H2,1-3H3,(H,20,26). The second kappa shape index (κ2) is 8.55. The average Bonchev–Trinajstić information content (AvgIpc) is 2.74. The van der Waals surface area contributed by atoms with Crippen molar-refractivity contribution < 1.29 is 19.1 Å². The van der Waals surface area contributed by atoms with Crippen LogP contribution in [0.5, 0.6) is 11.5 Å². The van der Waals surface area contributed by atoms with Crippen LogP contribution in [0.15, 0.2) is 30.3 Å². The summed E-state index contributed by atoms with van der Waals surface area (Å²) in [4.78, 5) is 27.7. The number of amides is 2. The van der Waals surface area contributed by atoms with Crippen LogP contribution in [0.1, 0.15) is 17.4 Å². The molecule has 0 bridgehead atoms. The zero-order chi connectivity index (χ0) is 20.1. The average molecular weight is 385 g/mol. The first-order valence-electron chi connectivity index (χ1n) is 8.89. The molecule has 0 radical (unpaired) electrons. The van der Waals surface area contributed by atoms with Crippen molar-refractivity contribution >= 4 is 23.3 Å². The van der Waals surface area contributed by atoms with Gasteiger partial charge in [0.1, 0.15) is 11.5 Å². The van der Waals surface area contributed by atoms with Gasteiger partial charge in [0.2, 0.25) is 5.91 Å². The fourth-order valence-corrected chi connectivity index (χ4v) is 2.95. The predicted molar refractivity (Wildman–Crippen MR) is 104 cm³/mol. The van der Waals surface area contributed by atoms with Gasteiger partial charge >= 0.3 is 0 Å². The monoisotopic (exact) mass is 385 g/mol. The van der Waals surface area contributed by atoms with E-state index in [2.05, 4.69) is 15.5 Å². The molecule has 2 amide bonds. The molecule has 1 saturated heterocycles. The molecule has 1 aromatic carbocycles. The van der Waals surface area contributed by atoms with E-state index in [-0.39, 0.29) is 17.5 Å². The van der Waals surface area contributed by atoms with Crippen LogP contribution < -0.4 is 19.7 Å². The van der Waals surface area contributed by atoms with E-state index in [1.165, 1.54) is 7.11 Å². The van der Waals surface area contributed by atoms with Gasteiger partial charge < -0.3 is 24.6 Å². The highest BCUT2D eigenvalue weighted by atomic mass is 16.5. The first-order chi connectivity index (χ1) is 13.5. The third kappa shape index (κ3) is 4.30. The van der Waals surface area contributed by atoms with Crippen LogP contribution in [-0.4, -0.2) is 67.3 Å². The summed E-state index contributed by atoms with van der Waals surface area (Å²) < 4.78 is 10.4. The zero-order valence-electron chi connectivity index (χ0n) is 16.1. The largest absolute Gasteiger partial charge is 0.497 e. The van der Waals surface area contributed by atoms with Crippen molar-refractivity contribution in [1.82, 2.24) is 15.1 Å². The van der Waals surface area contributed by atoms with Gasteiger partial charge in [-0.25, -0.2) is 0 Å². The lowest BCUT2D eigenvalue weighted by molar-refractivity contribution is -0.129. The van der Waals surface area contributed by atoms with Gasteiger partial charge in [-0.05, 0) is 24.3 Å². The number of nitrogens with zero attached hydrogens (tertiary/aromatic N) is 4. The van der Waals surface area contributed by atoms with E-state index < -0.39 is 0 Å². The van der Waals surface area contributed by atoms with E-state index in [0.717, 1.165) is 0 Å². The number of carbonyl (C=O) groups excluding carboxylic acids is 2. The summed E-state index contributed by atoms with van der Waals surface area (Å²) >= 11 is 0. The lowest BCUT2D eigenvalue weighted by atomic mass is 10.2. The summed E-state index contributed by atoms with van der Waals surface area (Å²) in [5.74, 6) is 1.49. The Morgan fingerprint density at radius 2 is 1.75 bits per heavy atom. The van der Waals surface area contributed by atoms with Crippen molar-refractivity contribution in [3.8, 4) is 11.5 Å². The third-order valence-electron chi connectivity index (χ3n) is 4.59. The Kier molecular flexibility index (Phi) is 5.93. The van der Waals surface area contributed by atoms with Crippen LogP contribution in [0.25, 0.3) is 0 Å². The van der Waals surface area contributed by atoms with Crippen LogP contribution in [0.3, 0.4) is 0 Å². The molecule has 0 atom stereocenters. The Hall–Kier alpha value is -3.36. The van der Waals surface area contributed by atoms with Gasteiger partial charge in [-0.15, -0.1) is 10.2 Å². The number of ether oxygens (including phenoxy) is 2. The summed E-state index contributed by atoms with van der Waals surface area (Å²) in [7, 11) is 3.08. The maximum Gasteiger partial charge on any atom is 0.276 e. The second-order valence-corrected chi connectivity index (χ2v) is 6.29. The molecule has 2 aromatic rings. The molecule has 1 aliphatic rings. The molecular formula is C19H23N5O4. The van der Waals surface area contributed by atoms with Gasteiger partial charge in [0.25, 0.3) is 5.91 Å². The second-order valence-electron chi connectivity index (χ2n) is 6.29.